The van der Waals surface area contributed by atoms with Gasteiger partial charge in [-0.25, -0.2) is 14.0 Å². The van der Waals surface area contributed by atoms with Gasteiger partial charge in [-0.05, 0) is 104 Å². The maximum Gasteiger partial charge on any atom is 0.326 e. The minimum Gasteiger partial charge on any atom is -0.506 e. The highest BCUT2D eigenvalue weighted by Gasteiger charge is 2.32. The molecule has 0 radical (unpaired) electrons. The summed E-state index contributed by atoms with van der Waals surface area (Å²) in [6.45, 7) is 3.13. The van der Waals surface area contributed by atoms with E-state index in [-0.39, 0.29) is 41.7 Å². The van der Waals surface area contributed by atoms with Crippen molar-refractivity contribution in [3.63, 3.8) is 0 Å². The van der Waals surface area contributed by atoms with Crippen molar-refractivity contribution >= 4 is 49.5 Å². The molecule has 2 fully saturated rings. The fourth-order valence-electron chi connectivity index (χ4n) is 6.18. The number of piperidine rings is 1. The molecule has 1 atom stereocenters. The summed E-state index contributed by atoms with van der Waals surface area (Å²) in [5.41, 5.74) is 2.87. The molecule has 2 saturated heterocycles. The first-order valence-electron chi connectivity index (χ1n) is 15.4. The van der Waals surface area contributed by atoms with Crippen molar-refractivity contribution in [2.45, 2.75) is 31.3 Å². The molecule has 0 bridgehead atoms. The number of likely N-dealkylation sites (tertiary alicyclic amines) is 1. The van der Waals surface area contributed by atoms with E-state index in [2.05, 4.69) is 52.0 Å². The second-order valence-electron chi connectivity index (χ2n) is 11.7. The third-order valence-electron chi connectivity index (χ3n) is 8.78. The first-order chi connectivity index (χ1) is 22.7. The minimum atomic E-state index is -0.832. The Kier molecular flexibility index (Phi) is 9.97. The largest absolute Gasteiger partial charge is 0.506 e. The lowest BCUT2D eigenvalue weighted by molar-refractivity contribution is -0.133. The van der Waals surface area contributed by atoms with Crippen LogP contribution in [0.3, 0.4) is 0 Å². The number of pyridine rings is 1. The second kappa shape index (κ2) is 14.3. The summed E-state index contributed by atoms with van der Waals surface area (Å²) in [5, 5.41) is 13.2. The van der Waals surface area contributed by atoms with Gasteiger partial charge in [0.2, 0.25) is 5.91 Å². The number of nitrogens with zero attached hydrogens (tertiary/aromatic N) is 5. The Bertz CT molecular complexity index is 1760. The summed E-state index contributed by atoms with van der Waals surface area (Å²) in [4.78, 5) is 52.9. The number of H-pyrrole nitrogens is 1. The number of hydrogen-bond donors (Lipinski definition) is 3. The fourth-order valence-corrected chi connectivity index (χ4v) is 7.46. The smallest absolute Gasteiger partial charge is 0.326 e. The van der Waals surface area contributed by atoms with E-state index >= 15 is 0 Å². The van der Waals surface area contributed by atoms with Gasteiger partial charge >= 0.3 is 11.7 Å². The summed E-state index contributed by atoms with van der Waals surface area (Å²) in [7, 11) is 0. The van der Waals surface area contributed by atoms with Crippen LogP contribution in [0.15, 0.2) is 80.9 Å². The third-order valence-corrected chi connectivity index (χ3v) is 9.99. The zero-order chi connectivity index (χ0) is 33.1. The van der Waals surface area contributed by atoms with E-state index in [1.807, 2.05) is 12.1 Å². The maximum absolute atomic E-state index is 13.9. The van der Waals surface area contributed by atoms with Gasteiger partial charge in [0, 0.05) is 76.0 Å². The highest BCUT2D eigenvalue weighted by atomic mass is 79.9. The SMILES string of the molecule is O=C(N[C@H](Cc1cc(Br)c(O)c(Br)c1)C(=O)N1CCN(c2ccncc2)CC1)N1CCC(n2cc(-c3ccc(F)cc3)[nH]c2=O)CC1. The number of rotatable bonds is 7. The summed E-state index contributed by atoms with van der Waals surface area (Å²) < 4.78 is 16.0. The first kappa shape index (κ1) is 32.8. The summed E-state index contributed by atoms with van der Waals surface area (Å²) in [5.74, 6) is -0.463. The maximum atomic E-state index is 13.9. The molecule has 2 aliphatic rings. The number of carbonyl (C=O) groups excluding carboxylic acids is 2. The van der Waals surface area contributed by atoms with E-state index in [0.717, 1.165) is 11.3 Å². The van der Waals surface area contributed by atoms with Crippen molar-refractivity contribution < 1.29 is 19.1 Å². The molecule has 2 aliphatic heterocycles. The van der Waals surface area contributed by atoms with Gasteiger partial charge < -0.3 is 30.1 Å². The summed E-state index contributed by atoms with van der Waals surface area (Å²) >= 11 is 6.74. The number of phenols is 1. The molecule has 246 valence electrons. The predicted molar refractivity (Wildman–Crippen MR) is 183 cm³/mol. The highest BCUT2D eigenvalue weighted by molar-refractivity contribution is 9.11. The first-order valence-corrected chi connectivity index (χ1v) is 17.0. The summed E-state index contributed by atoms with van der Waals surface area (Å²) in [6, 6.07) is 12.0. The average Bonchev–Trinajstić information content (AvgIpc) is 3.48. The number of benzene rings is 2. The molecule has 47 heavy (non-hydrogen) atoms. The standard InChI is InChI=1S/C33H34Br2FN7O4/c34-26-17-21(18-27(35)30(26)44)19-28(31(45)41-15-13-40(14-16-41)24-5-9-37-10-6-24)38-32(46)42-11-7-25(8-12-42)43-20-29(39-33(43)47)22-1-3-23(36)4-2-22/h1-6,9-10,17-18,20,25,28,44H,7-8,11-16,19H2,(H,38,46)(H,39,47)/t28-/m1/s1. The summed E-state index contributed by atoms with van der Waals surface area (Å²) in [6.07, 6.45) is 6.58. The van der Waals surface area contributed by atoms with Crippen molar-refractivity contribution in [1.29, 1.82) is 0 Å². The van der Waals surface area contributed by atoms with Crippen LogP contribution >= 0.6 is 31.9 Å². The number of aromatic nitrogens is 3. The number of nitrogens with one attached hydrogen (secondary N) is 2. The van der Waals surface area contributed by atoms with Gasteiger partial charge in [-0.1, -0.05) is 0 Å². The van der Waals surface area contributed by atoms with Crippen molar-refractivity contribution in [3.8, 4) is 17.0 Å². The molecule has 4 aromatic rings. The van der Waals surface area contributed by atoms with Gasteiger partial charge in [0.25, 0.3) is 0 Å². The van der Waals surface area contributed by atoms with Crippen LogP contribution in [0.2, 0.25) is 0 Å². The van der Waals surface area contributed by atoms with Crippen LogP contribution in [-0.4, -0.2) is 86.7 Å². The van der Waals surface area contributed by atoms with Crippen molar-refractivity contribution in [2.24, 2.45) is 0 Å². The second-order valence-corrected chi connectivity index (χ2v) is 13.4. The molecular formula is C33H34Br2FN7O4. The molecule has 11 nitrogen and oxygen atoms in total. The van der Waals surface area contributed by atoms with Gasteiger partial charge in [0.15, 0.2) is 0 Å². The Morgan fingerprint density at radius 3 is 2.23 bits per heavy atom. The zero-order valence-corrected chi connectivity index (χ0v) is 28.6. The highest BCUT2D eigenvalue weighted by Crippen LogP contribution is 2.34. The Morgan fingerprint density at radius 2 is 1.60 bits per heavy atom. The number of amides is 3. The van der Waals surface area contributed by atoms with Crippen LogP contribution in [0, 0.1) is 5.82 Å². The van der Waals surface area contributed by atoms with Crippen molar-refractivity contribution in [2.75, 3.05) is 44.2 Å². The average molecular weight is 771 g/mol. The molecule has 6 rings (SSSR count). The van der Waals surface area contributed by atoms with Gasteiger partial charge in [0.05, 0.1) is 14.6 Å². The number of hydrogen-bond acceptors (Lipinski definition) is 6. The lowest BCUT2D eigenvalue weighted by atomic mass is 10.0. The van der Waals surface area contributed by atoms with E-state index in [0.29, 0.717) is 72.3 Å². The number of aromatic hydroxyl groups is 1. The number of anilines is 1. The lowest BCUT2D eigenvalue weighted by Gasteiger charge is -2.38. The Labute approximate surface area is 287 Å². The Balaban J connectivity index is 1.12. The molecule has 0 unspecified atom stereocenters. The van der Waals surface area contributed by atoms with Gasteiger partial charge in [0.1, 0.15) is 17.6 Å². The van der Waals surface area contributed by atoms with Crippen molar-refractivity contribution in [3.05, 3.63) is 97.9 Å². The van der Waals surface area contributed by atoms with Crippen LogP contribution in [0.4, 0.5) is 14.9 Å². The number of aromatic amines is 1. The molecule has 3 amide bonds. The lowest BCUT2D eigenvalue weighted by Crippen LogP contribution is -2.57. The third kappa shape index (κ3) is 7.54. The number of phenolic OH excluding ortho intramolecular Hbond substituents is 1. The van der Waals surface area contributed by atoms with Gasteiger partial charge in [-0.2, -0.15) is 0 Å². The monoisotopic (exact) mass is 769 g/mol. The van der Waals surface area contributed by atoms with E-state index in [1.165, 1.54) is 12.1 Å². The van der Waals surface area contributed by atoms with Crippen molar-refractivity contribution in [1.82, 2.24) is 29.7 Å². The van der Waals surface area contributed by atoms with Crippen LogP contribution in [0.25, 0.3) is 11.3 Å². The molecule has 0 aliphatic carbocycles. The molecular weight excluding hydrogens is 737 g/mol. The molecule has 0 spiro atoms. The molecule has 14 heteroatoms. The number of urea groups is 1. The number of carbonyl (C=O) groups is 2. The molecule has 0 saturated carbocycles. The van der Waals surface area contributed by atoms with E-state index in [4.69, 9.17) is 0 Å². The number of piperazine rings is 1. The predicted octanol–water partition coefficient (Wildman–Crippen LogP) is 4.91. The van der Waals surface area contributed by atoms with E-state index < -0.39 is 6.04 Å². The van der Waals surface area contributed by atoms with E-state index in [1.54, 1.807) is 57.2 Å². The van der Waals surface area contributed by atoms with E-state index in [9.17, 15) is 23.9 Å². The minimum absolute atomic E-state index is 0.0575. The quantitative estimate of drug-likeness (QED) is 0.245. The van der Waals surface area contributed by atoms with Gasteiger partial charge in [-0.15, -0.1) is 0 Å². The number of halogens is 3. The Hall–Kier alpha value is -4.17. The molecule has 3 N–H and O–H groups in total. The van der Waals surface area contributed by atoms with Crippen LogP contribution in [0.1, 0.15) is 24.4 Å². The molecule has 2 aromatic carbocycles. The topological polar surface area (TPSA) is 127 Å². The van der Waals surface area contributed by atoms with Crippen LogP contribution < -0.4 is 15.9 Å². The fraction of sp³-hybridized carbons (Fsp3) is 0.333. The zero-order valence-electron chi connectivity index (χ0n) is 25.4. The van der Waals surface area contributed by atoms with Crippen LogP contribution in [-0.2, 0) is 11.2 Å². The normalized spacial score (nSPS) is 16.3. The number of imidazole rings is 1. The van der Waals surface area contributed by atoms with Gasteiger partial charge in [-0.3, -0.25) is 14.3 Å². The van der Waals surface area contributed by atoms with Crippen LogP contribution in [0.5, 0.6) is 5.75 Å². The molecule has 4 heterocycles. The Morgan fingerprint density at radius 1 is 0.957 bits per heavy atom. The molecule has 2 aromatic heterocycles.